The largest absolute Gasteiger partial charge is 2.00 e. The first-order valence-corrected chi connectivity index (χ1v) is 2.50. The summed E-state index contributed by atoms with van der Waals surface area (Å²) in [5, 5.41) is 0. The average Bonchev–Trinajstić information content (AvgIpc) is 1.94. The van der Waals surface area contributed by atoms with Gasteiger partial charge in [0, 0.05) is 0 Å². The Labute approximate surface area is 77.6 Å². The summed E-state index contributed by atoms with van der Waals surface area (Å²) in [5.74, 6) is 0. The van der Waals surface area contributed by atoms with Crippen molar-refractivity contribution in [1.82, 2.24) is 0 Å². The molecule has 10 heavy (non-hydrogen) atoms. The Balaban J connectivity index is 0. The number of hydrogen-bond donors (Lipinski definition) is 0. The average molecular weight is 144 g/mol. The zero-order valence-electron chi connectivity index (χ0n) is 5.79. The van der Waals surface area contributed by atoms with Gasteiger partial charge in [-0.1, -0.05) is 6.07 Å². The van der Waals surface area contributed by atoms with Crippen molar-refractivity contribution in [3.05, 3.63) is 42.8 Å². The van der Waals surface area contributed by atoms with Gasteiger partial charge in [0.15, 0.2) is 0 Å². The Morgan fingerprint density at radius 2 is 1.50 bits per heavy atom. The second-order valence-corrected chi connectivity index (χ2v) is 1.49. The summed E-state index contributed by atoms with van der Waals surface area (Å²) in [5.41, 5.74) is 1.07. The van der Waals surface area contributed by atoms with Crippen LogP contribution < -0.4 is 0 Å². The van der Waals surface area contributed by atoms with Gasteiger partial charge in [0.1, 0.15) is 0 Å². The topological polar surface area (TPSA) is 17.1 Å². The first-order chi connectivity index (χ1) is 4.39. The van der Waals surface area contributed by atoms with Crippen molar-refractivity contribution in [1.29, 1.82) is 0 Å². The summed E-state index contributed by atoms with van der Waals surface area (Å²) in [7, 11) is 0. The van der Waals surface area contributed by atoms with Gasteiger partial charge in [-0.3, -0.25) is 6.79 Å². The van der Waals surface area contributed by atoms with Crippen molar-refractivity contribution in [2.24, 2.45) is 0 Å². The molecule has 0 saturated heterocycles. The van der Waals surface area contributed by atoms with Crippen molar-refractivity contribution >= 4 is 29.8 Å². The smallest absolute Gasteiger partial charge is 0.545 e. The normalized spacial score (nSPS) is 6.40. The molecule has 0 unspecified atom stereocenters. The van der Waals surface area contributed by atoms with Crippen LogP contribution in [0.2, 0.25) is 0 Å². The molecule has 0 radical (unpaired) electrons. The van der Waals surface area contributed by atoms with E-state index >= 15 is 0 Å². The number of hydrogen-bond acceptors (Lipinski definition) is 1. The maximum absolute atomic E-state index is 7.75. The monoisotopic (exact) mass is 144 g/mol. The van der Waals surface area contributed by atoms with Gasteiger partial charge in [-0.15, -0.1) is 12.1 Å². The summed E-state index contributed by atoms with van der Waals surface area (Å²) >= 11 is 0. The van der Waals surface area contributed by atoms with Gasteiger partial charge >= 0.3 is 23.1 Å². The Hall–Kier alpha value is -0.474. The molecule has 0 spiro atoms. The first-order valence-electron chi connectivity index (χ1n) is 2.50. The van der Waals surface area contributed by atoms with Gasteiger partial charge < -0.3 is 4.79 Å². The van der Waals surface area contributed by atoms with Gasteiger partial charge in [-0.2, -0.15) is 24.6 Å². The Morgan fingerprint density at radius 1 is 1.10 bits per heavy atom. The fourth-order valence-corrected chi connectivity index (χ4v) is 0.478. The molecule has 0 amide bonds. The van der Waals surface area contributed by atoms with Crippen LogP contribution >= 0.6 is 0 Å². The predicted octanol–water partition coefficient (Wildman–Crippen LogP) is 1.21. The molecule has 1 rings (SSSR count). The minimum Gasteiger partial charge on any atom is -0.545 e. The van der Waals surface area contributed by atoms with E-state index in [2.05, 4.69) is 13.7 Å². The second-order valence-electron chi connectivity index (χ2n) is 1.49. The summed E-state index contributed by atoms with van der Waals surface area (Å²) in [6.07, 6.45) is 0. The maximum atomic E-state index is 7.75. The molecule has 0 saturated carbocycles. The molecule has 0 aliphatic heterocycles. The molecule has 0 aliphatic rings. The maximum Gasteiger partial charge on any atom is 2.00 e. The molecule has 0 bridgehead atoms. The van der Waals surface area contributed by atoms with E-state index in [1.807, 2.05) is 30.3 Å². The SMILES string of the molecule is [CH-]=O.[CH2-]c1ccccc1.[Mg+2]. The van der Waals surface area contributed by atoms with Gasteiger partial charge in [0.25, 0.3) is 0 Å². The molecule has 1 aromatic rings. The van der Waals surface area contributed by atoms with Crippen LogP contribution in [0.1, 0.15) is 5.56 Å². The van der Waals surface area contributed by atoms with E-state index in [0.29, 0.717) is 0 Å². The van der Waals surface area contributed by atoms with Crippen LogP contribution in [-0.2, 0) is 4.79 Å². The zero-order chi connectivity index (χ0) is 7.11. The molecule has 1 aromatic carbocycles. The van der Waals surface area contributed by atoms with Crippen molar-refractivity contribution < 1.29 is 4.79 Å². The third-order valence-corrected chi connectivity index (χ3v) is 0.843. The van der Waals surface area contributed by atoms with Crippen molar-refractivity contribution in [3.8, 4) is 0 Å². The minimum atomic E-state index is 0. The third-order valence-electron chi connectivity index (χ3n) is 0.843. The fraction of sp³-hybridized carbons (Fsp3) is 0. The first kappa shape index (κ1) is 12.2. The second kappa shape index (κ2) is 8.53. The van der Waals surface area contributed by atoms with E-state index in [9.17, 15) is 0 Å². The van der Waals surface area contributed by atoms with Crippen molar-refractivity contribution in [2.75, 3.05) is 0 Å². The van der Waals surface area contributed by atoms with Crippen LogP contribution in [-0.4, -0.2) is 29.8 Å². The number of rotatable bonds is 0. The number of benzene rings is 1. The van der Waals surface area contributed by atoms with E-state index < -0.39 is 0 Å². The van der Waals surface area contributed by atoms with Crippen LogP contribution in [0, 0.1) is 6.92 Å². The van der Waals surface area contributed by atoms with E-state index in [1.165, 1.54) is 0 Å². The molecule has 0 aliphatic carbocycles. The van der Waals surface area contributed by atoms with Gasteiger partial charge in [-0.25, -0.2) is 0 Å². The van der Waals surface area contributed by atoms with E-state index in [-0.39, 0.29) is 23.1 Å². The van der Waals surface area contributed by atoms with Crippen molar-refractivity contribution in [3.63, 3.8) is 0 Å². The molecule has 0 atom stereocenters. The molecule has 0 heterocycles. The van der Waals surface area contributed by atoms with E-state index in [4.69, 9.17) is 4.79 Å². The molecule has 1 nitrogen and oxygen atoms in total. The summed E-state index contributed by atoms with van der Waals surface area (Å²) in [6.45, 7) is 6.97. The van der Waals surface area contributed by atoms with E-state index in [0.717, 1.165) is 5.56 Å². The predicted molar refractivity (Wildman–Crippen MR) is 43.4 cm³/mol. The zero-order valence-corrected chi connectivity index (χ0v) is 7.20. The van der Waals surface area contributed by atoms with Gasteiger partial charge in [0.05, 0.1) is 0 Å². The van der Waals surface area contributed by atoms with Crippen molar-refractivity contribution in [2.45, 2.75) is 0 Å². The molecule has 2 heteroatoms. The third kappa shape index (κ3) is 5.66. The molecule has 0 N–H and O–H groups in total. The van der Waals surface area contributed by atoms with E-state index in [1.54, 1.807) is 0 Å². The molecular formula is C8H8MgO. The fourth-order valence-electron chi connectivity index (χ4n) is 0.478. The standard InChI is InChI=1S/C7H7.CHO.Mg/c1-7-5-3-2-4-6-7;1-2;/h2-6H,1H2;1H;/q2*-1;+2. The van der Waals surface area contributed by atoms with Crippen LogP contribution in [0.3, 0.4) is 0 Å². The summed E-state index contributed by atoms with van der Waals surface area (Å²) in [6, 6.07) is 9.87. The van der Waals surface area contributed by atoms with Crippen LogP contribution in [0.5, 0.6) is 0 Å². The Bertz CT molecular complexity index is 151. The minimum absolute atomic E-state index is 0. The Morgan fingerprint density at radius 3 is 1.70 bits per heavy atom. The van der Waals surface area contributed by atoms with Crippen LogP contribution in [0.15, 0.2) is 30.3 Å². The molecule has 48 valence electrons. The molecule has 0 aromatic heterocycles. The Kier molecular flexibility index (Phi) is 10.4. The van der Waals surface area contributed by atoms with Gasteiger partial charge in [-0.05, 0) is 0 Å². The van der Waals surface area contributed by atoms with Gasteiger partial charge in [0.2, 0.25) is 0 Å². The number of carbonyl (C=O) groups excluding carboxylic acids is 1. The van der Waals surface area contributed by atoms with Crippen LogP contribution in [0.4, 0.5) is 0 Å². The molecule has 0 fully saturated rings. The summed E-state index contributed by atoms with van der Waals surface area (Å²) < 4.78 is 0. The van der Waals surface area contributed by atoms with Crippen LogP contribution in [0.25, 0.3) is 0 Å². The quantitative estimate of drug-likeness (QED) is 0.304. The summed E-state index contributed by atoms with van der Waals surface area (Å²) in [4.78, 5) is 7.75. The molecular weight excluding hydrogens is 136 g/mol.